The molecule has 0 aliphatic rings. The number of aryl methyl sites for hydroxylation is 2. The summed E-state index contributed by atoms with van der Waals surface area (Å²) in [6.07, 6.45) is 1.10. The maximum Gasteiger partial charge on any atom is 0.269 e. The average Bonchev–Trinajstić information content (AvgIpc) is 2.89. The fraction of sp³-hybridized carbons (Fsp3) is 0.444. The van der Waals surface area contributed by atoms with E-state index in [1.165, 1.54) is 0 Å². The zero-order valence-electron chi connectivity index (χ0n) is 14.3. The van der Waals surface area contributed by atoms with Crippen molar-refractivity contribution < 1.29 is 9.53 Å². The van der Waals surface area contributed by atoms with Crippen LogP contribution in [0.1, 0.15) is 42.0 Å². The summed E-state index contributed by atoms with van der Waals surface area (Å²) in [4.78, 5) is 12.2. The summed E-state index contributed by atoms with van der Waals surface area (Å²) in [5.74, 6) is 1.25. The van der Waals surface area contributed by atoms with Crippen LogP contribution in [0.25, 0.3) is 0 Å². The van der Waals surface area contributed by atoms with E-state index in [0.29, 0.717) is 24.8 Å². The molecule has 0 aliphatic carbocycles. The standard InChI is InChI=1S/C18H25N3O2/c1-5-13(2)12-23-16-8-6-7-15(10-16)11-19-18(22)17-9-14(3)20-21(17)4/h6-10,13H,5,11-12H2,1-4H3,(H,19,22). The van der Waals surface area contributed by atoms with Crippen molar-refractivity contribution in [3.8, 4) is 5.75 Å². The van der Waals surface area contributed by atoms with Gasteiger partial charge in [0, 0.05) is 13.6 Å². The van der Waals surface area contributed by atoms with Gasteiger partial charge in [-0.1, -0.05) is 32.4 Å². The van der Waals surface area contributed by atoms with Crippen LogP contribution in [0.4, 0.5) is 0 Å². The summed E-state index contributed by atoms with van der Waals surface area (Å²) in [6.45, 7) is 7.36. The fourth-order valence-corrected chi connectivity index (χ4v) is 2.20. The number of rotatable bonds is 7. The van der Waals surface area contributed by atoms with Crippen LogP contribution in [0.5, 0.6) is 5.75 Å². The fourth-order valence-electron chi connectivity index (χ4n) is 2.20. The first-order valence-corrected chi connectivity index (χ1v) is 8.00. The summed E-state index contributed by atoms with van der Waals surface area (Å²) in [5, 5.41) is 7.10. The lowest BCUT2D eigenvalue weighted by Gasteiger charge is -2.12. The van der Waals surface area contributed by atoms with Crippen LogP contribution < -0.4 is 10.1 Å². The van der Waals surface area contributed by atoms with Crippen LogP contribution in [0.3, 0.4) is 0 Å². The molecule has 1 aromatic heterocycles. The molecule has 0 spiro atoms. The van der Waals surface area contributed by atoms with E-state index in [1.807, 2.05) is 31.2 Å². The van der Waals surface area contributed by atoms with Gasteiger partial charge in [-0.3, -0.25) is 9.48 Å². The Morgan fingerprint density at radius 3 is 2.83 bits per heavy atom. The van der Waals surface area contributed by atoms with E-state index in [4.69, 9.17) is 4.74 Å². The van der Waals surface area contributed by atoms with Crippen molar-refractivity contribution in [2.24, 2.45) is 13.0 Å². The number of aromatic nitrogens is 2. The molecule has 5 heteroatoms. The number of hydrogen-bond acceptors (Lipinski definition) is 3. The van der Waals surface area contributed by atoms with E-state index < -0.39 is 0 Å². The zero-order chi connectivity index (χ0) is 16.8. The second-order valence-corrected chi connectivity index (χ2v) is 5.95. The van der Waals surface area contributed by atoms with Crippen LogP contribution in [-0.4, -0.2) is 22.3 Å². The van der Waals surface area contributed by atoms with Gasteiger partial charge in [-0.15, -0.1) is 0 Å². The zero-order valence-corrected chi connectivity index (χ0v) is 14.3. The molecule has 0 fully saturated rings. The van der Waals surface area contributed by atoms with Crippen LogP contribution in [0.15, 0.2) is 30.3 Å². The Bertz CT molecular complexity index is 664. The number of amides is 1. The minimum Gasteiger partial charge on any atom is -0.493 e. The summed E-state index contributed by atoms with van der Waals surface area (Å²) in [6, 6.07) is 9.61. The molecule has 1 amide bonds. The third kappa shape index (κ3) is 4.84. The number of ether oxygens (including phenoxy) is 1. The predicted octanol–water partition coefficient (Wildman–Crippen LogP) is 3.08. The molecule has 1 N–H and O–H groups in total. The van der Waals surface area contributed by atoms with Gasteiger partial charge in [0.05, 0.1) is 12.3 Å². The topological polar surface area (TPSA) is 56.1 Å². The molecule has 0 bridgehead atoms. The van der Waals surface area contributed by atoms with Crippen LogP contribution in [0, 0.1) is 12.8 Å². The van der Waals surface area contributed by atoms with E-state index in [2.05, 4.69) is 24.3 Å². The highest BCUT2D eigenvalue weighted by Gasteiger charge is 2.11. The minimum atomic E-state index is -0.126. The van der Waals surface area contributed by atoms with Crippen molar-refractivity contribution in [2.75, 3.05) is 6.61 Å². The molecule has 0 radical (unpaired) electrons. The SMILES string of the molecule is CCC(C)COc1cccc(CNC(=O)c2cc(C)nn2C)c1. The quantitative estimate of drug-likeness (QED) is 0.854. The van der Waals surface area contributed by atoms with Crippen molar-refractivity contribution >= 4 is 5.91 Å². The highest BCUT2D eigenvalue weighted by Crippen LogP contribution is 2.15. The summed E-state index contributed by atoms with van der Waals surface area (Å²) in [7, 11) is 1.77. The minimum absolute atomic E-state index is 0.126. The van der Waals surface area contributed by atoms with Gasteiger partial charge in [-0.25, -0.2) is 0 Å². The largest absolute Gasteiger partial charge is 0.493 e. The Balaban J connectivity index is 1.93. The molecule has 2 rings (SSSR count). The molecule has 1 heterocycles. The maximum absolute atomic E-state index is 12.2. The number of carbonyl (C=O) groups is 1. The molecule has 0 saturated heterocycles. The smallest absolute Gasteiger partial charge is 0.269 e. The van der Waals surface area contributed by atoms with E-state index in [0.717, 1.165) is 23.4 Å². The monoisotopic (exact) mass is 315 g/mol. The molecular weight excluding hydrogens is 290 g/mol. The molecule has 1 atom stereocenters. The van der Waals surface area contributed by atoms with Gasteiger partial charge in [0.1, 0.15) is 11.4 Å². The Labute approximate surface area is 137 Å². The molecule has 1 unspecified atom stereocenters. The van der Waals surface area contributed by atoms with E-state index in [-0.39, 0.29) is 5.91 Å². The maximum atomic E-state index is 12.2. The number of benzene rings is 1. The van der Waals surface area contributed by atoms with Gasteiger partial charge in [-0.05, 0) is 36.6 Å². The first-order chi connectivity index (χ1) is 11.0. The first-order valence-electron chi connectivity index (χ1n) is 8.00. The molecule has 23 heavy (non-hydrogen) atoms. The van der Waals surface area contributed by atoms with Crippen LogP contribution >= 0.6 is 0 Å². The molecule has 0 aliphatic heterocycles. The Hall–Kier alpha value is -2.30. The van der Waals surface area contributed by atoms with E-state index in [9.17, 15) is 4.79 Å². The van der Waals surface area contributed by atoms with Gasteiger partial charge < -0.3 is 10.1 Å². The summed E-state index contributed by atoms with van der Waals surface area (Å²) < 4.78 is 7.38. The summed E-state index contributed by atoms with van der Waals surface area (Å²) in [5.41, 5.74) is 2.41. The van der Waals surface area contributed by atoms with Crippen LogP contribution in [0.2, 0.25) is 0 Å². The predicted molar refractivity (Wildman–Crippen MR) is 90.5 cm³/mol. The Morgan fingerprint density at radius 2 is 2.17 bits per heavy atom. The third-order valence-electron chi connectivity index (χ3n) is 3.82. The lowest BCUT2D eigenvalue weighted by molar-refractivity contribution is 0.0941. The molecule has 124 valence electrons. The van der Waals surface area contributed by atoms with Crippen molar-refractivity contribution in [3.05, 3.63) is 47.3 Å². The third-order valence-corrected chi connectivity index (χ3v) is 3.82. The average molecular weight is 315 g/mol. The van der Waals surface area contributed by atoms with E-state index in [1.54, 1.807) is 17.8 Å². The molecule has 5 nitrogen and oxygen atoms in total. The summed E-state index contributed by atoms with van der Waals surface area (Å²) >= 11 is 0. The first kappa shape index (κ1) is 17.1. The van der Waals surface area contributed by atoms with E-state index >= 15 is 0 Å². The van der Waals surface area contributed by atoms with Crippen molar-refractivity contribution in [1.82, 2.24) is 15.1 Å². The van der Waals surface area contributed by atoms with Crippen molar-refractivity contribution in [1.29, 1.82) is 0 Å². The number of hydrogen-bond donors (Lipinski definition) is 1. The lowest BCUT2D eigenvalue weighted by Crippen LogP contribution is -2.25. The highest BCUT2D eigenvalue weighted by molar-refractivity contribution is 5.92. The Kier molecular flexibility index (Phi) is 5.79. The normalized spacial score (nSPS) is 12.0. The Morgan fingerprint density at radius 1 is 1.39 bits per heavy atom. The number of carbonyl (C=O) groups excluding carboxylic acids is 1. The van der Waals surface area contributed by atoms with Gasteiger partial charge in [0.2, 0.25) is 0 Å². The van der Waals surface area contributed by atoms with Crippen molar-refractivity contribution in [3.63, 3.8) is 0 Å². The highest BCUT2D eigenvalue weighted by atomic mass is 16.5. The second kappa shape index (κ2) is 7.81. The molecule has 2 aromatic rings. The molecule has 0 saturated carbocycles. The molecule has 1 aromatic carbocycles. The number of nitrogens with zero attached hydrogens (tertiary/aromatic N) is 2. The van der Waals surface area contributed by atoms with Crippen molar-refractivity contribution in [2.45, 2.75) is 33.7 Å². The van der Waals surface area contributed by atoms with Gasteiger partial charge >= 0.3 is 0 Å². The second-order valence-electron chi connectivity index (χ2n) is 5.95. The molecular formula is C18H25N3O2. The van der Waals surface area contributed by atoms with Gasteiger partial charge in [0.15, 0.2) is 0 Å². The number of nitrogens with one attached hydrogen (secondary N) is 1. The lowest BCUT2D eigenvalue weighted by atomic mass is 10.1. The van der Waals surface area contributed by atoms with Gasteiger partial charge in [0.25, 0.3) is 5.91 Å². The van der Waals surface area contributed by atoms with Gasteiger partial charge in [-0.2, -0.15) is 5.10 Å². The van der Waals surface area contributed by atoms with Crippen LogP contribution in [-0.2, 0) is 13.6 Å².